The van der Waals surface area contributed by atoms with Crippen molar-refractivity contribution in [3.05, 3.63) is 65.2 Å². The molecule has 4 nitrogen and oxygen atoms in total. The fourth-order valence-electron chi connectivity index (χ4n) is 2.64. The molecule has 5 N–H and O–H groups in total. The number of nitrogens with one attached hydrogen (secondary N) is 3. The highest BCUT2D eigenvalue weighted by Crippen LogP contribution is 2.31. The van der Waals surface area contributed by atoms with Gasteiger partial charge in [-0.25, -0.2) is 0 Å². The zero-order valence-electron chi connectivity index (χ0n) is 11.4. The number of para-hydroxylation sites is 1. The van der Waals surface area contributed by atoms with Crippen molar-refractivity contribution in [3.63, 3.8) is 0 Å². The second-order valence-electron chi connectivity index (χ2n) is 4.70. The van der Waals surface area contributed by atoms with Gasteiger partial charge in [-0.2, -0.15) is 0 Å². The van der Waals surface area contributed by atoms with Crippen LogP contribution in [0.15, 0.2) is 48.5 Å². The van der Waals surface area contributed by atoms with Gasteiger partial charge in [0.1, 0.15) is 0 Å². The van der Waals surface area contributed by atoms with Crippen LogP contribution in [-0.4, -0.2) is 7.05 Å². The molecule has 102 valence electrons. The molecule has 1 heterocycles. The van der Waals surface area contributed by atoms with E-state index < -0.39 is 0 Å². The quantitative estimate of drug-likeness (QED) is 0.497. The lowest BCUT2D eigenvalue weighted by molar-refractivity contribution is 0.967. The molecule has 0 atom stereocenters. The highest BCUT2D eigenvalue weighted by Gasteiger charge is 2.18. The van der Waals surface area contributed by atoms with Gasteiger partial charge >= 0.3 is 0 Å². The Morgan fingerprint density at radius 2 is 1.65 bits per heavy atom. The summed E-state index contributed by atoms with van der Waals surface area (Å²) in [4.78, 5) is 0. The lowest BCUT2D eigenvalue weighted by atomic mass is 9.97. The summed E-state index contributed by atoms with van der Waals surface area (Å²) in [7, 11) is 1.92. The highest BCUT2D eigenvalue weighted by molar-refractivity contribution is 5.93. The average molecular weight is 266 g/mol. The SMILES string of the molecule is CN/C1=C(\NN)c2ccccc2NCc2ccccc21. The number of rotatable bonds is 2. The van der Waals surface area contributed by atoms with Gasteiger partial charge in [0, 0.05) is 30.4 Å². The molecule has 2 aromatic carbocycles. The van der Waals surface area contributed by atoms with E-state index in [1.165, 1.54) is 5.56 Å². The monoisotopic (exact) mass is 266 g/mol. The summed E-state index contributed by atoms with van der Waals surface area (Å²) in [6.07, 6.45) is 0. The Balaban J connectivity index is 2.30. The van der Waals surface area contributed by atoms with E-state index in [2.05, 4.69) is 46.4 Å². The van der Waals surface area contributed by atoms with Gasteiger partial charge in [0.15, 0.2) is 0 Å². The fourth-order valence-corrected chi connectivity index (χ4v) is 2.64. The smallest absolute Gasteiger partial charge is 0.0818 e. The van der Waals surface area contributed by atoms with Gasteiger partial charge in [-0.15, -0.1) is 0 Å². The van der Waals surface area contributed by atoms with Gasteiger partial charge in [-0.05, 0) is 11.6 Å². The Bertz CT molecular complexity index is 604. The van der Waals surface area contributed by atoms with Crippen molar-refractivity contribution < 1.29 is 0 Å². The lowest BCUT2D eigenvalue weighted by Crippen LogP contribution is -2.26. The number of hydrogen-bond donors (Lipinski definition) is 4. The van der Waals surface area contributed by atoms with Crippen molar-refractivity contribution in [2.45, 2.75) is 6.54 Å². The Hall–Kier alpha value is -2.46. The molecule has 0 bridgehead atoms. The number of benzene rings is 2. The molecule has 0 spiro atoms. The zero-order chi connectivity index (χ0) is 13.9. The first-order chi connectivity index (χ1) is 9.85. The fraction of sp³-hybridized carbons (Fsp3) is 0.125. The Labute approximate surface area is 118 Å². The van der Waals surface area contributed by atoms with Crippen LogP contribution in [0.25, 0.3) is 11.4 Å². The van der Waals surface area contributed by atoms with Crippen molar-refractivity contribution in [1.82, 2.24) is 10.7 Å². The molecule has 0 saturated heterocycles. The van der Waals surface area contributed by atoms with Gasteiger partial charge in [0.25, 0.3) is 0 Å². The van der Waals surface area contributed by atoms with Crippen LogP contribution in [0.3, 0.4) is 0 Å². The molecule has 0 radical (unpaired) electrons. The van der Waals surface area contributed by atoms with Gasteiger partial charge in [0.2, 0.25) is 0 Å². The molecular formula is C16H18N4. The normalized spacial score (nSPS) is 17.1. The first-order valence-corrected chi connectivity index (χ1v) is 6.65. The van der Waals surface area contributed by atoms with E-state index in [0.29, 0.717) is 0 Å². The summed E-state index contributed by atoms with van der Waals surface area (Å²) in [5, 5.41) is 6.75. The Kier molecular flexibility index (Phi) is 3.31. The summed E-state index contributed by atoms with van der Waals surface area (Å²) in [6.45, 7) is 0.788. The van der Waals surface area contributed by atoms with Crippen LogP contribution < -0.4 is 21.9 Å². The maximum absolute atomic E-state index is 5.79. The maximum atomic E-state index is 5.79. The largest absolute Gasteiger partial charge is 0.386 e. The maximum Gasteiger partial charge on any atom is 0.0818 e. The topological polar surface area (TPSA) is 62.1 Å². The van der Waals surface area contributed by atoms with Crippen molar-refractivity contribution in [2.75, 3.05) is 12.4 Å². The van der Waals surface area contributed by atoms with Crippen molar-refractivity contribution >= 4 is 17.1 Å². The molecule has 0 amide bonds. The highest BCUT2D eigenvalue weighted by atomic mass is 15.2. The van der Waals surface area contributed by atoms with Gasteiger partial charge in [-0.3, -0.25) is 5.84 Å². The molecule has 3 rings (SSSR count). The van der Waals surface area contributed by atoms with Crippen LogP contribution in [0.2, 0.25) is 0 Å². The van der Waals surface area contributed by atoms with Gasteiger partial charge in [-0.1, -0.05) is 42.5 Å². The molecule has 0 fully saturated rings. The third-order valence-corrected chi connectivity index (χ3v) is 3.60. The molecule has 0 aliphatic carbocycles. The standard InChI is InChI=1S/C16H18N4/c1-18-15-12-7-3-2-6-11(12)10-19-14-9-5-4-8-13(14)16(15)20-17/h2-9,18-20H,10,17H2,1H3/b16-15-. The Morgan fingerprint density at radius 1 is 0.950 bits per heavy atom. The summed E-state index contributed by atoms with van der Waals surface area (Å²) in [5.41, 5.74) is 9.28. The molecular weight excluding hydrogens is 248 g/mol. The van der Waals surface area contributed by atoms with E-state index in [4.69, 9.17) is 5.84 Å². The van der Waals surface area contributed by atoms with Gasteiger partial charge in [0.05, 0.1) is 11.4 Å². The van der Waals surface area contributed by atoms with Crippen molar-refractivity contribution in [3.8, 4) is 0 Å². The van der Waals surface area contributed by atoms with Crippen molar-refractivity contribution in [2.24, 2.45) is 5.84 Å². The molecule has 0 aromatic heterocycles. The molecule has 1 aliphatic heterocycles. The van der Waals surface area contributed by atoms with Crippen LogP contribution in [0.4, 0.5) is 5.69 Å². The summed E-state index contributed by atoms with van der Waals surface area (Å²) in [5.74, 6) is 5.79. The molecule has 4 heteroatoms. The minimum atomic E-state index is 0.788. The third kappa shape index (κ3) is 2.00. The number of fused-ring (bicyclic) bond motifs is 2. The van der Waals surface area contributed by atoms with E-state index in [1.807, 2.05) is 25.2 Å². The number of nitrogens with two attached hydrogens (primary N) is 1. The van der Waals surface area contributed by atoms with E-state index in [9.17, 15) is 0 Å². The summed E-state index contributed by atoms with van der Waals surface area (Å²) in [6, 6.07) is 16.5. The second kappa shape index (κ2) is 5.27. The Morgan fingerprint density at radius 3 is 2.40 bits per heavy atom. The van der Waals surface area contributed by atoms with Crippen LogP contribution in [-0.2, 0) is 6.54 Å². The van der Waals surface area contributed by atoms with E-state index in [0.717, 1.165) is 34.8 Å². The number of anilines is 1. The number of hydrogen-bond acceptors (Lipinski definition) is 4. The molecule has 0 unspecified atom stereocenters. The minimum Gasteiger partial charge on any atom is -0.386 e. The van der Waals surface area contributed by atoms with E-state index in [-0.39, 0.29) is 0 Å². The first kappa shape index (κ1) is 12.6. The second-order valence-corrected chi connectivity index (χ2v) is 4.70. The number of hydrazine groups is 1. The van der Waals surface area contributed by atoms with Crippen LogP contribution in [0, 0.1) is 0 Å². The molecule has 20 heavy (non-hydrogen) atoms. The summed E-state index contributed by atoms with van der Waals surface area (Å²) < 4.78 is 0. The molecule has 2 aromatic rings. The lowest BCUT2D eigenvalue weighted by Gasteiger charge is -2.23. The minimum absolute atomic E-state index is 0.788. The van der Waals surface area contributed by atoms with Crippen LogP contribution in [0.1, 0.15) is 16.7 Å². The predicted molar refractivity (Wildman–Crippen MR) is 83.4 cm³/mol. The van der Waals surface area contributed by atoms with E-state index in [1.54, 1.807) is 0 Å². The summed E-state index contributed by atoms with van der Waals surface area (Å²) >= 11 is 0. The molecule has 1 aliphatic rings. The van der Waals surface area contributed by atoms with Crippen LogP contribution in [0.5, 0.6) is 0 Å². The van der Waals surface area contributed by atoms with Crippen LogP contribution >= 0.6 is 0 Å². The average Bonchev–Trinajstić information content (AvgIpc) is 2.49. The van der Waals surface area contributed by atoms with Crippen molar-refractivity contribution in [1.29, 1.82) is 0 Å². The predicted octanol–water partition coefficient (Wildman–Crippen LogP) is 2.12. The van der Waals surface area contributed by atoms with E-state index >= 15 is 0 Å². The zero-order valence-corrected chi connectivity index (χ0v) is 11.4. The first-order valence-electron chi connectivity index (χ1n) is 6.65. The third-order valence-electron chi connectivity index (χ3n) is 3.60. The molecule has 0 saturated carbocycles. The van der Waals surface area contributed by atoms with Gasteiger partial charge < -0.3 is 16.1 Å².